The Bertz CT molecular complexity index is 3140. The molecule has 0 fully saturated rings. The molecule has 11 rings (SSSR count). The topological polar surface area (TPSA) is 56.7 Å². The van der Waals surface area contributed by atoms with E-state index >= 15 is 0 Å². The van der Waals surface area contributed by atoms with Gasteiger partial charge >= 0.3 is 0 Å². The van der Waals surface area contributed by atoms with Gasteiger partial charge in [0.05, 0.1) is 11.0 Å². The molecule has 0 radical (unpaired) electrons. The van der Waals surface area contributed by atoms with Gasteiger partial charge < -0.3 is 8.98 Å². The van der Waals surface area contributed by atoms with E-state index in [0.29, 0.717) is 17.5 Å². The maximum atomic E-state index is 6.18. The van der Waals surface area contributed by atoms with E-state index in [1.165, 1.54) is 38.5 Å². The molecule has 0 amide bonds. The van der Waals surface area contributed by atoms with E-state index in [2.05, 4.69) is 144 Å². The highest BCUT2D eigenvalue weighted by Gasteiger charge is 2.19. The largest absolute Gasteiger partial charge is 0.456 e. The molecule has 1 aliphatic rings. The zero-order valence-corrected chi connectivity index (χ0v) is 30.4. The lowest BCUT2D eigenvalue weighted by Gasteiger charge is -2.12. The highest BCUT2D eigenvalue weighted by Crippen LogP contribution is 2.37. The van der Waals surface area contributed by atoms with Crippen LogP contribution in [-0.2, 0) is 6.42 Å². The van der Waals surface area contributed by atoms with Crippen LogP contribution >= 0.6 is 0 Å². The second-order valence-corrected chi connectivity index (χ2v) is 14.4. The van der Waals surface area contributed by atoms with Gasteiger partial charge in [-0.05, 0) is 89.7 Å². The van der Waals surface area contributed by atoms with Gasteiger partial charge in [-0.1, -0.05) is 127 Å². The lowest BCUT2D eigenvalue weighted by Crippen LogP contribution is -2.00. The van der Waals surface area contributed by atoms with Crippen molar-refractivity contribution in [2.24, 2.45) is 0 Å². The molecule has 264 valence electrons. The number of rotatable bonds is 6. The zero-order chi connectivity index (χ0) is 37.0. The van der Waals surface area contributed by atoms with Crippen LogP contribution in [0.5, 0.6) is 0 Å². The Hall–Kier alpha value is -7.37. The standard InChI is InChI=1S/C51H34N4O/c1-3-13-33(14-4-1)37-25-27-42-41-21-7-9-23-45(41)55(46(42)32-37)40-20-12-18-36(30-40)35-17-11-19-38(29-35)50-52-49(34-15-5-2-6-16-34)53-51(54-50)39-26-28-48-44(31-39)43-22-8-10-24-47(43)56-48/h1-7,9-21,23-32H,8,22H2. The monoisotopic (exact) mass is 718 g/mol. The maximum Gasteiger partial charge on any atom is 0.164 e. The van der Waals surface area contributed by atoms with E-state index in [9.17, 15) is 0 Å². The summed E-state index contributed by atoms with van der Waals surface area (Å²) in [4.78, 5) is 15.2. The number of aromatic nitrogens is 4. The fourth-order valence-electron chi connectivity index (χ4n) is 8.19. The number of hydrogen-bond donors (Lipinski definition) is 0. The highest BCUT2D eigenvalue weighted by molar-refractivity contribution is 6.10. The van der Waals surface area contributed by atoms with Crippen LogP contribution in [0.2, 0.25) is 0 Å². The lowest BCUT2D eigenvalue weighted by molar-refractivity contribution is 0.595. The molecule has 0 spiro atoms. The van der Waals surface area contributed by atoms with E-state index in [4.69, 9.17) is 19.4 Å². The molecule has 3 heterocycles. The molecule has 7 aromatic carbocycles. The van der Waals surface area contributed by atoms with Crippen molar-refractivity contribution in [1.82, 2.24) is 19.5 Å². The summed E-state index contributed by atoms with van der Waals surface area (Å²) in [6.45, 7) is 0. The predicted molar refractivity (Wildman–Crippen MR) is 228 cm³/mol. The number of aryl methyl sites for hydroxylation is 1. The van der Waals surface area contributed by atoms with E-state index in [1.807, 2.05) is 42.5 Å². The zero-order valence-electron chi connectivity index (χ0n) is 30.4. The van der Waals surface area contributed by atoms with Gasteiger partial charge in [-0.2, -0.15) is 0 Å². The summed E-state index contributed by atoms with van der Waals surface area (Å²) in [5, 5.41) is 3.58. The average molecular weight is 719 g/mol. The number of furan rings is 1. The van der Waals surface area contributed by atoms with Crippen LogP contribution in [0.1, 0.15) is 17.7 Å². The van der Waals surface area contributed by atoms with Crippen molar-refractivity contribution in [3.63, 3.8) is 0 Å². The first-order chi connectivity index (χ1) is 27.7. The second-order valence-electron chi connectivity index (χ2n) is 14.4. The van der Waals surface area contributed by atoms with Crippen molar-refractivity contribution in [3.8, 4) is 62.1 Å². The molecule has 0 bridgehead atoms. The quantitative estimate of drug-likeness (QED) is 0.172. The third-order valence-corrected chi connectivity index (χ3v) is 10.9. The maximum absolute atomic E-state index is 6.18. The summed E-state index contributed by atoms with van der Waals surface area (Å²) in [5.74, 6) is 2.84. The Morgan fingerprint density at radius 2 is 1.04 bits per heavy atom. The minimum atomic E-state index is 0.625. The molecule has 5 heteroatoms. The smallest absolute Gasteiger partial charge is 0.164 e. The van der Waals surface area contributed by atoms with Crippen LogP contribution in [0.15, 0.2) is 180 Å². The fraction of sp³-hybridized carbons (Fsp3) is 0.0392. The Morgan fingerprint density at radius 1 is 0.429 bits per heavy atom. The summed E-state index contributed by atoms with van der Waals surface area (Å²) in [5.41, 5.74) is 13.0. The summed E-state index contributed by atoms with van der Waals surface area (Å²) >= 11 is 0. The van der Waals surface area contributed by atoms with Crippen molar-refractivity contribution in [2.45, 2.75) is 12.8 Å². The SMILES string of the molecule is C1=Cc2oc3ccc(-c4nc(-c5ccccc5)nc(-c5cccc(-c6cccc(-n7c8ccccc8c8ccc(-c9ccccc9)cc87)c6)c5)n4)cc3c2CC1. The molecule has 0 aliphatic heterocycles. The number of allylic oxidation sites excluding steroid dienone is 1. The number of benzene rings is 7. The van der Waals surface area contributed by atoms with Gasteiger partial charge in [0.15, 0.2) is 17.5 Å². The molecule has 56 heavy (non-hydrogen) atoms. The molecule has 0 saturated carbocycles. The lowest BCUT2D eigenvalue weighted by atomic mass is 9.99. The normalized spacial score (nSPS) is 12.4. The van der Waals surface area contributed by atoms with Gasteiger partial charge in [0.1, 0.15) is 11.3 Å². The molecule has 0 unspecified atom stereocenters. The Kier molecular flexibility index (Phi) is 7.56. The molecule has 1 aliphatic carbocycles. The van der Waals surface area contributed by atoms with Crippen LogP contribution in [-0.4, -0.2) is 19.5 Å². The minimum absolute atomic E-state index is 0.625. The summed E-state index contributed by atoms with van der Waals surface area (Å²) in [7, 11) is 0. The van der Waals surface area contributed by atoms with Crippen molar-refractivity contribution >= 4 is 38.9 Å². The number of hydrogen-bond acceptors (Lipinski definition) is 4. The molecule has 0 saturated heterocycles. The third-order valence-electron chi connectivity index (χ3n) is 10.9. The van der Waals surface area contributed by atoms with E-state index < -0.39 is 0 Å². The van der Waals surface area contributed by atoms with Crippen LogP contribution in [0.4, 0.5) is 0 Å². The molecule has 3 aromatic heterocycles. The van der Waals surface area contributed by atoms with E-state index in [1.54, 1.807) is 0 Å². The van der Waals surface area contributed by atoms with Gasteiger partial charge in [0, 0.05) is 44.1 Å². The van der Waals surface area contributed by atoms with E-state index in [0.717, 1.165) is 63.1 Å². The fourth-order valence-corrected chi connectivity index (χ4v) is 8.19. The van der Waals surface area contributed by atoms with Gasteiger partial charge in [0.25, 0.3) is 0 Å². The Morgan fingerprint density at radius 3 is 1.86 bits per heavy atom. The number of nitrogens with zero attached hydrogens (tertiary/aromatic N) is 4. The van der Waals surface area contributed by atoms with Crippen molar-refractivity contribution in [3.05, 3.63) is 187 Å². The summed E-state index contributed by atoms with van der Waals surface area (Å²) in [6, 6.07) is 59.8. The van der Waals surface area contributed by atoms with Crippen LogP contribution in [0.3, 0.4) is 0 Å². The summed E-state index contributed by atoms with van der Waals surface area (Å²) < 4.78 is 8.57. The van der Waals surface area contributed by atoms with Crippen molar-refractivity contribution < 1.29 is 4.42 Å². The van der Waals surface area contributed by atoms with Crippen molar-refractivity contribution in [2.75, 3.05) is 0 Å². The van der Waals surface area contributed by atoms with Crippen LogP contribution in [0, 0.1) is 0 Å². The van der Waals surface area contributed by atoms with Crippen LogP contribution < -0.4 is 0 Å². The molecule has 5 nitrogen and oxygen atoms in total. The Balaban J connectivity index is 1.03. The average Bonchev–Trinajstić information content (AvgIpc) is 3.82. The third kappa shape index (κ3) is 5.52. The summed E-state index contributed by atoms with van der Waals surface area (Å²) in [6.07, 6.45) is 6.22. The van der Waals surface area contributed by atoms with Gasteiger partial charge in [-0.3, -0.25) is 0 Å². The van der Waals surface area contributed by atoms with Crippen LogP contribution in [0.25, 0.3) is 101 Å². The molecule has 10 aromatic rings. The van der Waals surface area contributed by atoms with Crippen molar-refractivity contribution in [1.29, 1.82) is 0 Å². The highest BCUT2D eigenvalue weighted by atomic mass is 16.3. The first-order valence-corrected chi connectivity index (χ1v) is 19.1. The molecule has 0 N–H and O–H groups in total. The molecular formula is C51H34N4O. The van der Waals surface area contributed by atoms with Gasteiger partial charge in [-0.25, -0.2) is 15.0 Å². The first-order valence-electron chi connectivity index (χ1n) is 19.1. The van der Waals surface area contributed by atoms with Gasteiger partial charge in [0.2, 0.25) is 0 Å². The molecular weight excluding hydrogens is 685 g/mol. The number of fused-ring (bicyclic) bond motifs is 6. The number of para-hydroxylation sites is 1. The minimum Gasteiger partial charge on any atom is -0.456 e. The Labute approximate surface area is 323 Å². The first kappa shape index (κ1) is 32.1. The second kappa shape index (κ2) is 13.2. The predicted octanol–water partition coefficient (Wildman–Crippen LogP) is 13.0. The molecule has 0 atom stereocenters. The van der Waals surface area contributed by atoms with Gasteiger partial charge in [-0.15, -0.1) is 0 Å². The van der Waals surface area contributed by atoms with E-state index in [-0.39, 0.29) is 0 Å².